The molecule has 0 spiro atoms. The third-order valence-electron chi connectivity index (χ3n) is 3.23. The predicted molar refractivity (Wildman–Crippen MR) is 66.9 cm³/mol. The van der Waals surface area contributed by atoms with E-state index in [0.717, 1.165) is 19.3 Å². The minimum atomic E-state index is -3.49. The van der Waals surface area contributed by atoms with Gasteiger partial charge in [-0.15, -0.1) is 0 Å². The molecule has 0 saturated heterocycles. The molecule has 0 aromatic rings. The summed E-state index contributed by atoms with van der Waals surface area (Å²) in [6.07, 6.45) is 3.78. The van der Waals surface area contributed by atoms with Gasteiger partial charge in [0.25, 0.3) is 0 Å². The van der Waals surface area contributed by atoms with E-state index in [4.69, 9.17) is 9.84 Å². The Morgan fingerprint density at radius 2 is 1.94 bits per heavy atom. The largest absolute Gasteiger partial charge is 0.481 e. The SMILES string of the molecule is COCCS(=O)(=O)NC1(CC(=O)O)CCCCC1. The first-order valence-electron chi connectivity index (χ1n) is 6.12. The van der Waals surface area contributed by atoms with Gasteiger partial charge in [-0.2, -0.15) is 0 Å². The second-order valence-electron chi connectivity index (χ2n) is 4.83. The van der Waals surface area contributed by atoms with Crippen LogP contribution in [-0.4, -0.2) is 44.5 Å². The molecular formula is C11H21NO5S. The summed E-state index contributed by atoms with van der Waals surface area (Å²) < 4.78 is 31.1. The molecule has 1 aliphatic carbocycles. The molecular weight excluding hydrogens is 258 g/mol. The van der Waals surface area contributed by atoms with E-state index in [1.807, 2.05) is 0 Å². The van der Waals surface area contributed by atoms with Gasteiger partial charge in [-0.05, 0) is 12.8 Å². The second-order valence-corrected chi connectivity index (χ2v) is 6.67. The molecule has 0 bridgehead atoms. The van der Waals surface area contributed by atoms with Crippen molar-refractivity contribution in [3.63, 3.8) is 0 Å². The Labute approximate surface area is 108 Å². The number of sulfonamides is 1. The van der Waals surface area contributed by atoms with Crippen LogP contribution in [0.1, 0.15) is 38.5 Å². The van der Waals surface area contributed by atoms with Crippen LogP contribution in [0.3, 0.4) is 0 Å². The zero-order valence-electron chi connectivity index (χ0n) is 10.6. The molecule has 106 valence electrons. The average Bonchev–Trinajstić information content (AvgIpc) is 2.25. The topological polar surface area (TPSA) is 92.7 Å². The fourth-order valence-corrected chi connectivity index (χ4v) is 3.83. The van der Waals surface area contributed by atoms with Gasteiger partial charge < -0.3 is 9.84 Å². The predicted octanol–water partition coefficient (Wildman–Crippen LogP) is 0.730. The van der Waals surface area contributed by atoms with Gasteiger partial charge in [0.05, 0.1) is 18.8 Å². The Bertz CT molecular complexity index is 373. The van der Waals surface area contributed by atoms with Crippen LogP contribution in [0.4, 0.5) is 0 Å². The van der Waals surface area contributed by atoms with Crippen LogP contribution in [0, 0.1) is 0 Å². The first kappa shape index (κ1) is 15.4. The van der Waals surface area contributed by atoms with Gasteiger partial charge in [-0.25, -0.2) is 13.1 Å². The van der Waals surface area contributed by atoms with Crippen molar-refractivity contribution in [1.82, 2.24) is 4.72 Å². The minimum absolute atomic E-state index is 0.110. The maximum absolute atomic E-state index is 11.9. The zero-order chi connectivity index (χ0) is 13.6. The number of rotatable bonds is 7. The molecule has 1 fully saturated rings. The van der Waals surface area contributed by atoms with Gasteiger partial charge in [0.1, 0.15) is 0 Å². The molecule has 1 aliphatic rings. The van der Waals surface area contributed by atoms with Crippen LogP contribution < -0.4 is 4.72 Å². The van der Waals surface area contributed by atoms with Crippen LogP contribution in [-0.2, 0) is 19.6 Å². The summed E-state index contributed by atoms with van der Waals surface area (Å²) in [7, 11) is -2.05. The molecule has 0 aromatic heterocycles. The Balaban J connectivity index is 2.74. The van der Waals surface area contributed by atoms with Crippen molar-refractivity contribution in [3.05, 3.63) is 0 Å². The van der Waals surface area contributed by atoms with E-state index in [1.165, 1.54) is 7.11 Å². The highest BCUT2D eigenvalue weighted by Gasteiger charge is 2.37. The molecule has 7 heteroatoms. The molecule has 6 nitrogen and oxygen atoms in total. The van der Waals surface area contributed by atoms with Crippen molar-refractivity contribution in [2.24, 2.45) is 0 Å². The number of ether oxygens (including phenoxy) is 1. The second kappa shape index (κ2) is 6.49. The molecule has 0 amide bonds. The number of carboxylic acids is 1. The van der Waals surface area contributed by atoms with Gasteiger partial charge >= 0.3 is 5.97 Å². The molecule has 0 heterocycles. The molecule has 0 radical (unpaired) electrons. The summed E-state index contributed by atoms with van der Waals surface area (Å²) >= 11 is 0. The lowest BCUT2D eigenvalue weighted by Crippen LogP contribution is -2.51. The highest BCUT2D eigenvalue weighted by Crippen LogP contribution is 2.31. The number of methoxy groups -OCH3 is 1. The summed E-state index contributed by atoms with van der Waals surface area (Å²) in [6, 6.07) is 0. The summed E-state index contributed by atoms with van der Waals surface area (Å²) in [5, 5.41) is 8.94. The molecule has 0 unspecified atom stereocenters. The Morgan fingerprint density at radius 1 is 1.33 bits per heavy atom. The van der Waals surface area contributed by atoms with Crippen LogP contribution in [0.15, 0.2) is 0 Å². The van der Waals surface area contributed by atoms with Gasteiger partial charge in [0, 0.05) is 12.6 Å². The summed E-state index contributed by atoms with van der Waals surface area (Å²) in [4.78, 5) is 10.9. The lowest BCUT2D eigenvalue weighted by Gasteiger charge is -2.36. The fourth-order valence-electron chi connectivity index (χ4n) is 2.41. The number of carboxylic acid groups (broad SMARTS) is 1. The highest BCUT2D eigenvalue weighted by molar-refractivity contribution is 7.89. The lowest BCUT2D eigenvalue weighted by atomic mass is 9.80. The van der Waals surface area contributed by atoms with Gasteiger partial charge in [0.15, 0.2) is 0 Å². The van der Waals surface area contributed by atoms with Gasteiger partial charge in [-0.3, -0.25) is 4.79 Å². The van der Waals surface area contributed by atoms with E-state index >= 15 is 0 Å². The summed E-state index contributed by atoms with van der Waals surface area (Å²) in [5.41, 5.74) is -0.809. The van der Waals surface area contributed by atoms with Crippen LogP contribution >= 0.6 is 0 Å². The Hall–Kier alpha value is -0.660. The van der Waals surface area contributed by atoms with E-state index in [0.29, 0.717) is 12.8 Å². The van der Waals surface area contributed by atoms with Crippen molar-refractivity contribution >= 4 is 16.0 Å². The fraction of sp³-hybridized carbons (Fsp3) is 0.909. The quantitative estimate of drug-likeness (QED) is 0.716. The number of hydrogen-bond acceptors (Lipinski definition) is 4. The summed E-state index contributed by atoms with van der Waals surface area (Å²) in [5.74, 6) is -1.10. The third kappa shape index (κ3) is 4.91. The van der Waals surface area contributed by atoms with E-state index in [1.54, 1.807) is 0 Å². The first-order chi connectivity index (χ1) is 8.39. The monoisotopic (exact) mass is 279 g/mol. The average molecular weight is 279 g/mol. The van der Waals surface area contributed by atoms with Crippen molar-refractivity contribution in [2.45, 2.75) is 44.1 Å². The maximum atomic E-state index is 11.9. The smallest absolute Gasteiger partial charge is 0.305 e. The van der Waals surface area contributed by atoms with Gasteiger partial charge in [-0.1, -0.05) is 19.3 Å². The molecule has 1 saturated carbocycles. The van der Waals surface area contributed by atoms with E-state index in [-0.39, 0.29) is 18.8 Å². The summed E-state index contributed by atoms with van der Waals surface area (Å²) in [6.45, 7) is 0.110. The lowest BCUT2D eigenvalue weighted by molar-refractivity contribution is -0.138. The minimum Gasteiger partial charge on any atom is -0.481 e. The first-order valence-corrected chi connectivity index (χ1v) is 7.77. The normalized spacial score (nSPS) is 19.6. The van der Waals surface area contributed by atoms with Crippen LogP contribution in [0.5, 0.6) is 0 Å². The number of hydrogen-bond donors (Lipinski definition) is 2. The third-order valence-corrected chi connectivity index (χ3v) is 4.68. The molecule has 0 aliphatic heterocycles. The zero-order valence-corrected chi connectivity index (χ0v) is 11.5. The van der Waals surface area contributed by atoms with Crippen molar-refractivity contribution < 1.29 is 23.1 Å². The number of carbonyl (C=O) groups is 1. The Morgan fingerprint density at radius 3 is 2.44 bits per heavy atom. The van der Waals surface area contributed by atoms with E-state index in [2.05, 4.69) is 4.72 Å². The number of nitrogens with one attached hydrogen (secondary N) is 1. The van der Waals surface area contributed by atoms with Gasteiger partial charge in [0.2, 0.25) is 10.0 Å². The standard InChI is InChI=1S/C11H21NO5S/c1-17-7-8-18(15,16)12-11(9-10(13)14)5-3-2-4-6-11/h12H,2-9H2,1H3,(H,13,14). The molecule has 1 rings (SSSR count). The molecule has 18 heavy (non-hydrogen) atoms. The van der Waals surface area contributed by atoms with E-state index in [9.17, 15) is 13.2 Å². The number of aliphatic carboxylic acids is 1. The van der Waals surface area contributed by atoms with Crippen molar-refractivity contribution in [3.8, 4) is 0 Å². The van der Waals surface area contributed by atoms with Crippen LogP contribution in [0.25, 0.3) is 0 Å². The molecule has 0 atom stereocenters. The van der Waals surface area contributed by atoms with E-state index < -0.39 is 21.5 Å². The van der Waals surface area contributed by atoms with Crippen molar-refractivity contribution in [2.75, 3.05) is 19.5 Å². The molecule has 2 N–H and O–H groups in total. The van der Waals surface area contributed by atoms with Crippen LogP contribution in [0.2, 0.25) is 0 Å². The highest BCUT2D eigenvalue weighted by atomic mass is 32.2. The van der Waals surface area contributed by atoms with Crippen molar-refractivity contribution in [1.29, 1.82) is 0 Å². The molecule has 0 aromatic carbocycles. The maximum Gasteiger partial charge on any atom is 0.305 e. The Kier molecular flexibility index (Phi) is 5.55.